The van der Waals surface area contributed by atoms with Crippen LogP contribution in [0.2, 0.25) is 0 Å². The second-order valence-corrected chi connectivity index (χ2v) is 9.25. The normalized spacial score (nSPS) is 10.8. The van der Waals surface area contributed by atoms with Crippen molar-refractivity contribution in [3.63, 3.8) is 0 Å². The first-order valence-corrected chi connectivity index (χ1v) is 13.6. The molecule has 3 aromatic heterocycles. The number of esters is 2. The molecule has 222 valence electrons. The van der Waals surface area contributed by atoms with Crippen molar-refractivity contribution >= 4 is 17.6 Å². The summed E-state index contributed by atoms with van der Waals surface area (Å²) in [5.74, 6) is -0.783. The third kappa shape index (κ3) is 8.17. The third-order valence-electron chi connectivity index (χ3n) is 6.23. The van der Waals surface area contributed by atoms with Gasteiger partial charge in [-0.15, -0.1) is 0 Å². The molecule has 0 N–H and O–H groups in total. The first-order valence-electron chi connectivity index (χ1n) is 13.6. The number of nitro benzene ring substituents is 1. The van der Waals surface area contributed by atoms with Crippen LogP contribution < -0.4 is 4.74 Å². The lowest BCUT2D eigenvalue weighted by atomic mass is 10.0. The molecule has 0 radical (unpaired) electrons. The Morgan fingerprint density at radius 3 is 2.09 bits per heavy atom. The molecule has 43 heavy (non-hydrogen) atoms. The van der Waals surface area contributed by atoms with E-state index in [9.17, 15) is 19.7 Å². The van der Waals surface area contributed by atoms with E-state index in [4.69, 9.17) is 24.2 Å². The molecule has 0 bridgehead atoms. The van der Waals surface area contributed by atoms with Crippen LogP contribution in [0.1, 0.15) is 19.5 Å². The Kier molecular flexibility index (Phi) is 10.4. The number of nitrogens with zero attached hydrogens (tertiary/aromatic N) is 5. The molecule has 12 nitrogen and oxygen atoms in total. The summed E-state index contributed by atoms with van der Waals surface area (Å²) in [4.78, 5) is 51.3. The topological polar surface area (TPSA) is 147 Å². The molecule has 4 aromatic rings. The fourth-order valence-corrected chi connectivity index (χ4v) is 4.37. The molecule has 0 atom stereocenters. The Bertz CT molecular complexity index is 1580. The second-order valence-electron chi connectivity index (χ2n) is 9.25. The summed E-state index contributed by atoms with van der Waals surface area (Å²) >= 11 is 0. The van der Waals surface area contributed by atoms with E-state index in [0.717, 1.165) is 0 Å². The summed E-state index contributed by atoms with van der Waals surface area (Å²) in [7, 11) is 1.38. The van der Waals surface area contributed by atoms with E-state index in [1.165, 1.54) is 13.2 Å². The van der Waals surface area contributed by atoms with E-state index < -0.39 is 16.9 Å². The van der Waals surface area contributed by atoms with Crippen molar-refractivity contribution < 1.29 is 28.7 Å². The van der Waals surface area contributed by atoms with E-state index in [1.54, 1.807) is 67.4 Å². The van der Waals surface area contributed by atoms with Crippen molar-refractivity contribution in [2.24, 2.45) is 0 Å². The van der Waals surface area contributed by atoms with Crippen LogP contribution in [0.3, 0.4) is 0 Å². The monoisotopic (exact) mass is 585 g/mol. The quantitative estimate of drug-likeness (QED) is 0.122. The molecule has 0 aliphatic rings. The van der Waals surface area contributed by atoms with Crippen molar-refractivity contribution in [1.82, 2.24) is 19.9 Å². The number of hydrogen-bond acceptors (Lipinski definition) is 11. The Balaban J connectivity index is 1.75. The number of aromatic nitrogens is 3. The zero-order valence-corrected chi connectivity index (χ0v) is 24.1. The van der Waals surface area contributed by atoms with E-state index in [-0.39, 0.29) is 44.3 Å². The molecule has 0 aliphatic carbocycles. The molecule has 0 spiro atoms. The first kappa shape index (κ1) is 30.7. The summed E-state index contributed by atoms with van der Waals surface area (Å²) in [5, 5.41) is 11.7. The van der Waals surface area contributed by atoms with Crippen LogP contribution in [0.5, 0.6) is 5.75 Å². The zero-order valence-electron chi connectivity index (χ0n) is 24.1. The molecule has 1 aromatic carbocycles. The summed E-state index contributed by atoms with van der Waals surface area (Å²) in [6.07, 6.45) is 1.65. The fourth-order valence-electron chi connectivity index (χ4n) is 4.37. The zero-order chi connectivity index (χ0) is 30.8. The van der Waals surface area contributed by atoms with Crippen LogP contribution in [-0.4, -0.2) is 70.1 Å². The second kappa shape index (κ2) is 14.6. The van der Waals surface area contributed by atoms with Gasteiger partial charge in [-0.3, -0.25) is 29.6 Å². The number of benzene rings is 1. The molecule has 0 amide bonds. The maximum Gasteiger partial charge on any atom is 0.320 e. The number of pyridine rings is 3. The molecule has 0 saturated heterocycles. The third-order valence-corrected chi connectivity index (χ3v) is 6.23. The van der Waals surface area contributed by atoms with Crippen molar-refractivity contribution in [3.8, 4) is 39.7 Å². The first-order chi connectivity index (χ1) is 20.8. The molecule has 12 heteroatoms. The van der Waals surface area contributed by atoms with Crippen molar-refractivity contribution in [2.75, 3.05) is 33.4 Å². The molecule has 4 rings (SSSR count). The molecule has 0 unspecified atom stereocenters. The minimum absolute atomic E-state index is 0.119. The Labute approximate surface area is 248 Å². The number of ether oxygens (including phenoxy) is 3. The van der Waals surface area contributed by atoms with Crippen molar-refractivity contribution in [1.29, 1.82) is 0 Å². The van der Waals surface area contributed by atoms with Crippen LogP contribution in [0.15, 0.2) is 72.9 Å². The van der Waals surface area contributed by atoms with Gasteiger partial charge in [-0.1, -0.05) is 18.2 Å². The smallest absolute Gasteiger partial charge is 0.320 e. The predicted molar refractivity (Wildman–Crippen MR) is 158 cm³/mol. The maximum atomic E-state index is 12.2. The van der Waals surface area contributed by atoms with E-state index in [0.29, 0.717) is 39.6 Å². The van der Waals surface area contributed by atoms with Crippen LogP contribution in [0.25, 0.3) is 33.9 Å². The van der Waals surface area contributed by atoms with Gasteiger partial charge < -0.3 is 14.2 Å². The molecular weight excluding hydrogens is 554 g/mol. The summed E-state index contributed by atoms with van der Waals surface area (Å²) in [5.41, 5.74) is 3.84. The maximum absolute atomic E-state index is 12.2. The van der Waals surface area contributed by atoms with Crippen molar-refractivity contribution in [3.05, 3.63) is 88.7 Å². The predicted octanol–water partition coefficient (Wildman–Crippen LogP) is 4.72. The lowest BCUT2D eigenvalue weighted by Crippen LogP contribution is -2.36. The number of hydrogen-bond donors (Lipinski definition) is 0. The minimum Gasteiger partial charge on any atom is -0.490 e. The largest absolute Gasteiger partial charge is 0.490 e. The highest BCUT2D eigenvalue weighted by molar-refractivity contribution is 5.77. The van der Waals surface area contributed by atoms with Gasteiger partial charge in [0.05, 0.1) is 66.8 Å². The number of carbonyl (C=O) groups is 2. The average molecular weight is 586 g/mol. The van der Waals surface area contributed by atoms with Gasteiger partial charge in [0.2, 0.25) is 0 Å². The molecule has 0 aliphatic heterocycles. The molecule has 0 fully saturated rings. The lowest BCUT2D eigenvalue weighted by molar-refractivity contribution is -0.385. The van der Waals surface area contributed by atoms with E-state index >= 15 is 0 Å². The Morgan fingerprint density at radius 2 is 1.49 bits per heavy atom. The van der Waals surface area contributed by atoms with E-state index in [2.05, 4.69) is 4.98 Å². The number of rotatable bonds is 13. The van der Waals surface area contributed by atoms with Gasteiger partial charge in [0.25, 0.3) is 0 Å². The van der Waals surface area contributed by atoms with Gasteiger partial charge in [0, 0.05) is 18.8 Å². The minimum atomic E-state index is -0.493. The van der Waals surface area contributed by atoms with Gasteiger partial charge in [-0.05, 0) is 67.4 Å². The highest BCUT2D eigenvalue weighted by Crippen LogP contribution is 2.35. The Morgan fingerprint density at radius 1 is 0.814 bits per heavy atom. The highest BCUT2D eigenvalue weighted by Gasteiger charge is 2.20. The SMILES string of the molecule is CCOC(=O)CN(CC(=O)OCC)Cc1cccc(-c2cc(-c3ccc(OC)c([N+](=O)[O-])c3)cc(-c3ccccn3)n2)n1. The number of carbonyl (C=O) groups excluding carboxylic acids is 2. The fraction of sp³-hybridized carbons (Fsp3) is 0.258. The van der Waals surface area contributed by atoms with Gasteiger partial charge in [0.1, 0.15) is 0 Å². The summed E-state index contributed by atoms with van der Waals surface area (Å²) < 4.78 is 15.3. The molecule has 0 saturated carbocycles. The van der Waals surface area contributed by atoms with E-state index in [1.807, 2.05) is 18.2 Å². The van der Waals surface area contributed by atoms with Crippen LogP contribution in [0, 0.1) is 10.1 Å². The lowest BCUT2D eigenvalue weighted by Gasteiger charge is -2.20. The van der Waals surface area contributed by atoms with Crippen molar-refractivity contribution in [2.45, 2.75) is 20.4 Å². The number of nitro groups is 1. The van der Waals surface area contributed by atoms with Gasteiger partial charge in [-0.2, -0.15) is 0 Å². The average Bonchev–Trinajstić information content (AvgIpc) is 3.01. The van der Waals surface area contributed by atoms with Gasteiger partial charge in [0.15, 0.2) is 5.75 Å². The molecular formula is C31H31N5O7. The van der Waals surface area contributed by atoms with Crippen LogP contribution in [0.4, 0.5) is 5.69 Å². The highest BCUT2D eigenvalue weighted by atomic mass is 16.6. The number of methoxy groups -OCH3 is 1. The standard InChI is InChI=1S/C31H31N5O7/c1-4-42-30(37)19-35(20-31(38)43-5-2)18-23-9-8-11-25(33-23)27-16-22(15-26(34-27)24-10-6-7-14-32-24)21-12-13-29(41-3)28(17-21)36(39)40/h6-17H,4-5,18-20H2,1-3H3. The van der Waals surface area contributed by atoms with Gasteiger partial charge in [-0.25, -0.2) is 9.97 Å². The Hall–Kier alpha value is -5.23. The van der Waals surface area contributed by atoms with Crippen LogP contribution in [-0.2, 0) is 25.6 Å². The molecule has 3 heterocycles. The summed E-state index contributed by atoms with van der Waals surface area (Å²) in [6, 6.07) is 19.2. The van der Waals surface area contributed by atoms with Gasteiger partial charge >= 0.3 is 17.6 Å². The van der Waals surface area contributed by atoms with Crippen LogP contribution >= 0.6 is 0 Å². The summed E-state index contributed by atoms with van der Waals surface area (Å²) in [6.45, 7) is 3.80.